The lowest BCUT2D eigenvalue weighted by atomic mass is 10.1. The van der Waals surface area contributed by atoms with Gasteiger partial charge in [0.15, 0.2) is 10.9 Å². The van der Waals surface area contributed by atoms with Gasteiger partial charge in [0.05, 0.1) is 17.1 Å². The first kappa shape index (κ1) is 21.2. The maximum absolute atomic E-state index is 12.4. The fraction of sp³-hybridized carbons (Fsp3) is 0.200. The van der Waals surface area contributed by atoms with Gasteiger partial charge in [-0.25, -0.2) is 0 Å². The average Bonchev–Trinajstić information content (AvgIpc) is 3.13. The minimum Gasteiger partial charge on any atom is -0.326 e. The van der Waals surface area contributed by atoms with Crippen LogP contribution >= 0.6 is 11.8 Å². The van der Waals surface area contributed by atoms with Crippen LogP contribution < -0.4 is 5.32 Å². The number of hydrogen-bond donors (Lipinski definition) is 1. The molecule has 0 bridgehead atoms. The van der Waals surface area contributed by atoms with Crippen molar-refractivity contribution in [2.75, 3.05) is 11.1 Å². The summed E-state index contributed by atoms with van der Waals surface area (Å²) in [5.41, 5.74) is 0.832. The lowest BCUT2D eigenvalue weighted by Crippen LogP contribution is -2.17. The van der Waals surface area contributed by atoms with Gasteiger partial charge in [0.25, 0.3) is 5.69 Å². The molecule has 2 aromatic carbocycles. The number of nitro benzene ring substituents is 1. The van der Waals surface area contributed by atoms with E-state index >= 15 is 0 Å². The lowest BCUT2D eigenvalue weighted by molar-refractivity contribution is -0.384. The second kappa shape index (κ2) is 9.79. The molecule has 30 heavy (non-hydrogen) atoms. The summed E-state index contributed by atoms with van der Waals surface area (Å²) in [6, 6.07) is 14.7. The van der Waals surface area contributed by atoms with Crippen molar-refractivity contribution in [3.05, 3.63) is 76.1 Å². The molecular formula is C20H19N5O4S. The van der Waals surface area contributed by atoms with Crippen molar-refractivity contribution in [1.82, 2.24) is 14.8 Å². The van der Waals surface area contributed by atoms with Crippen molar-refractivity contribution in [3.63, 3.8) is 0 Å². The molecule has 0 radical (unpaired) electrons. The van der Waals surface area contributed by atoms with Gasteiger partial charge in [-0.15, -0.1) is 10.2 Å². The number of carbonyl (C=O) groups excluding carboxylic acids is 2. The van der Waals surface area contributed by atoms with Gasteiger partial charge in [-0.2, -0.15) is 0 Å². The molecule has 0 saturated carbocycles. The number of rotatable bonds is 9. The molecule has 1 heterocycles. The SMILES string of the molecule is CCn1c(CC(=O)Nc2ccccc2)nnc1SCC(=O)c1cccc([N+](=O)[O-])c1. The number of anilines is 1. The van der Waals surface area contributed by atoms with E-state index in [-0.39, 0.29) is 35.1 Å². The fourth-order valence-corrected chi connectivity index (χ4v) is 3.67. The van der Waals surface area contributed by atoms with Crippen molar-refractivity contribution in [3.8, 4) is 0 Å². The maximum Gasteiger partial charge on any atom is 0.270 e. The summed E-state index contributed by atoms with van der Waals surface area (Å²) in [7, 11) is 0. The molecule has 154 valence electrons. The van der Waals surface area contributed by atoms with Crippen molar-refractivity contribution in [2.45, 2.75) is 25.0 Å². The average molecular weight is 425 g/mol. The van der Waals surface area contributed by atoms with Crippen LogP contribution in [0.15, 0.2) is 59.8 Å². The summed E-state index contributed by atoms with van der Waals surface area (Å²) in [4.78, 5) is 35.0. The minimum absolute atomic E-state index is 0.0507. The highest BCUT2D eigenvalue weighted by Crippen LogP contribution is 2.21. The van der Waals surface area contributed by atoms with Crippen molar-refractivity contribution in [2.24, 2.45) is 0 Å². The van der Waals surface area contributed by atoms with Crippen molar-refractivity contribution >= 4 is 34.8 Å². The predicted molar refractivity (Wildman–Crippen MR) is 113 cm³/mol. The molecule has 1 N–H and O–H groups in total. The van der Waals surface area contributed by atoms with Crippen LogP contribution in [0.4, 0.5) is 11.4 Å². The summed E-state index contributed by atoms with van der Waals surface area (Å²) in [6.45, 7) is 2.43. The van der Waals surface area contributed by atoms with Crippen LogP contribution in [0.25, 0.3) is 0 Å². The normalized spacial score (nSPS) is 10.6. The van der Waals surface area contributed by atoms with Crippen LogP contribution in [0.1, 0.15) is 23.1 Å². The van der Waals surface area contributed by atoms with E-state index in [1.54, 1.807) is 22.8 Å². The number of aromatic nitrogens is 3. The Morgan fingerprint density at radius 1 is 1.13 bits per heavy atom. The molecule has 0 fully saturated rings. The van der Waals surface area contributed by atoms with Gasteiger partial charge in [0.1, 0.15) is 5.82 Å². The molecule has 3 aromatic rings. The van der Waals surface area contributed by atoms with Crippen LogP contribution in [0, 0.1) is 10.1 Å². The number of nitrogens with one attached hydrogen (secondary N) is 1. The third-order valence-corrected chi connectivity index (χ3v) is 5.16. The number of thioether (sulfide) groups is 1. The number of Topliss-reactive ketones (excluding diaryl/α,β-unsaturated/α-hetero) is 1. The topological polar surface area (TPSA) is 120 Å². The number of benzene rings is 2. The van der Waals surface area contributed by atoms with Gasteiger partial charge in [-0.3, -0.25) is 19.7 Å². The molecule has 1 aromatic heterocycles. The van der Waals surface area contributed by atoms with Gasteiger partial charge in [-0.1, -0.05) is 42.1 Å². The number of hydrogen-bond acceptors (Lipinski definition) is 7. The number of nitrogens with zero attached hydrogens (tertiary/aromatic N) is 4. The zero-order valence-electron chi connectivity index (χ0n) is 16.1. The van der Waals surface area contributed by atoms with E-state index in [0.717, 1.165) is 0 Å². The molecule has 0 unspecified atom stereocenters. The third-order valence-electron chi connectivity index (χ3n) is 4.20. The Morgan fingerprint density at radius 2 is 1.90 bits per heavy atom. The zero-order valence-corrected chi connectivity index (χ0v) is 17.0. The summed E-state index contributed by atoms with van der Waals surface area (Å²) < 4.78 is 1.77. The van der Waals surface area contributed by atoms with E-state index in [2.05, 4.69) is 15.5 Å². The number of ketones is 1. The Balaban J connectivity index is 1.64. The van der Waals surface area contributed by atoms with Crippen LogP contribution in [-0.4, -0.2) is 37.1 Å². The molecule has 10 heteroatoms. The third kappa shape index (κ3) is 5.29. The van der Waals surface area contributed by atoms with Crippen LogP contribution in [0.5, 0.6) is 0 Å². The summed E-state index contributed by atoms with van der Waals surface area (Å²) in [5.74, 6) is 0.0802. The smallest absolute Gasteiger partial charge is 0.270 e. The number of nitro groups is 1. The molecule has 9 nitrogen and oxygen atoms in total. The van der Waals surface area contributed by atoms with Gasteiger partial charge in [0, 0.05) is 29.9 Å². The van der Waals surface area contributed by atoms with Crippen LogP contribution in [-0.2, 0) is 17.8 Å². The first-order chi connectivity index (χ1) is 14.5. The second-order valence-corrected chi connectivity index (χ2v) is 7.20. The summed E-state index contributed by atoms with van der Waals surface area (Å²) >= 11 is 1.18. The van der Waals surface area contributed by atoms with E-state index in [1.165, 1.54) is 30.0 Å². The van der Waals surface area contributed by atoms with E-state index in [0.29, 0.717) is 23.2 Å². The molecule has 1 amide bonds. The molecule has 0 saturated heterocycles. The fourth-order valence-electron chi connectivity index (χ4n) is 2.75. The highest BCUT2D eigenvalue weighted by atomic mass is 32.2. The second-order valence-electron chi connectivity index (χ2n) is 6.25. The van der Waals surface area contributed by atoms with E-state index in [4.69, 9.17) is 0 Å². The largest absolute Gasteiger partial charge is 0.326 e. The molecule has 0 aliphatic rings. The van der Waals surface area contributed by atoms with Crippen molar-refractivity contribution < 1.29 is 14.5 Å². The monoisotopic (exact) mass is 425 g/mol. The van der Waals surface area contributed by atoms with Gasteiger partial charge >= 0.3 is 0 Å². The molecule has 0 atom stereocenters. The number of para-hydroxylation sites is 1. The van der Waals surface area contributed by atoms with Crippen molar-refractivity contribution in [1.29, 1.82) is 0 Å². The molecule has 3 rings (SSSR count). The Morgan fingerprint density at radius 3 is 2.60 bits per heavy atom. The van der Waals surface area contributed by atoms with Gasteiger partial charge in [0.2, 0.25) is 5.91 Å². The first-order valence-corrected chi connectivity index (χ1v) is 10.1. The maximum atomic E-state index is 12.4. The van der Waals surface area contributed by atoms with Crippen LogP contribution in [0.3, 0.4) is 0 Å². The van der Waals surface area contributed by atoms with E-state index < -0.39 is 4.92 Å². The zero-order chi connectivity index (χ0) is 21.5. The lowest BCUT2D eigenvalue weighted by Gasteiger charge is -2.08. The Labute approximate surface area is 176 Å². The summed E-state index contributed by atoms with van der Waals surface area (Å²) in [6.07, 6.45) is 0.0507. The molecule has 0 aliphatic heterocycles. The number of non-ortho nitro benzene ring substituents is 1. The Hall–Kier alpha value is -3.53. The predicted octanol–water partition coefficient (Wildman–Crippen LogP) is 3.36. The van der Waals surface area contributed by atoms with Gasteiger partial charge < -0.3 is 9.88 Å². The minimum atomic E-state index is -0.537. The molecule has 0 spiro atoms. The first-order valence-electron chi connectivity index (χ1n) is 9.15. The highest BCUT2D eigenvalue weighted by Gasteiger charge is 2.17. The Bertz CT molecular complexity index is 1070. The van der Waals surface area contributed by atoms with E-state index in [9.17, 15) is 19.7 Å². The van der Waals surface area contributed by atoms with E-state index in [1.807, 2.05) is 25.1 Å². The molecule has 0 aliphatic carbocycles. The number of carbonyl (C=O) groups is 2. The standard InChI is InChI=1S/C20H19N5O4S/c1-2-24-18(12-19(27)21-15-8-4-3-5-9-15)22-23-20(24)30-13-17(26)14-7-6-10-16(11-14)25(28)29/h3-11H,2,12-13H2,1H3,(H,21,27). The number of amides is 1. The Kier molecular flexibility index (Phi) is 6.91. The summed E-state index contributed by atoms with van der Waals surface area (Å²) in [5, 5.41) is 22.4. The van der Waals surface area contributed by atoms with Gasteiger partial charge in [-0.05, 0) is 19.1 Å². The van der Waals surface area contributed by atoms with Crippen LogP contribution in [0.2, 0.25) is 0 Å². The quantitative estimate of drug-likeness (QED) is 0.241. The molecular weight excluding hydrogens is 406 g/mol. The highest BCUT2D eigenvalue weighted by molar-refractivity contribution is 7.99.